The first-order chi connectivity index (χ1) is 14.3. The molecule has 5 heteroatoms. The summed E-state index contributed by atoms with van der Waals surface area (Å²) in [5.41, 5.74) is 3.38. The van der Waals surface area contributed by atoms with Gasteiger partial charge < -0.3 is 10.1 Å². The molecule has 4 nitrogen and oxygen atoms in total. The van der Waals surface area contributed by atoms with E-state index in [1.54, 1.807) is 11.3 Å². The molecule has 3 aromatic rings. The fourth-order valence-corrected chi connectivity index (χ4v) is 4.54. The third-order valence-electron chi connectivity index (χ3n) is 5.28. The first-order valence-electron chi connectivity index (χ1n) is 10.1. The molecule has 29 heavy (non-hydrogen) atoms. The van der Waals surface area contributed by atoms with Gasteiger partial charge in [0.2, 0.25) is 5.91 Å². The number of hydrogen-bond donors (Lipinski definition) is 1. The van der Waals surface area contributed by atoms with Gasteiger partial charge in [0.15, 0.2) is 0 Å². The predicted molar refractivity (Wildman–Crippen MR) is 118 cm³/mol. The van der Waals surface area contributed by atoms with E-state index in [2.05, 4.69) is 52.0 Å². The average molecular weight is 407 g/mol. The minimum absolute atomic E-state index is 0.0623. The van der Waals surface area contributed by atoms with Gasteiger partial charge in [0.25, 0.3) is 0 Å². The second kappa shape index (κ2) is 9.83. The summed E-state index contributed by atoms with van der Waals surface area (Å²) in [4.78, 5) is 16.3. The number of thiophene rings is 1. The zero-order valence-corrected chi connectivity index (χ0v) is 17.2. The molecule has 2 heterocycles. The van der Waals surface area contributed by atoms with Gasteiger partial charge in [0, 0.05) is 24.5 Å². The van der Waals surface area contributed by atoms with Gasteiger partial charge in [-0.15, -0.1) is 11.3 Å². The number of rotatable bonds is 7. The highest BCUT2D eigenvalue weighted by molar-refractivity contribution is 7.10. The standard InChI is InChI=1S/C24H26N2O2S/c27-24(17-19-8-10-21(11-9-19)20-5-2-1-3-6-20)25-18-22(23-7-4-16-29-23)26-12-14-28-15-13-26/h1-11,16,22H,12-15,17-18H2,(H,25,27). The highest BCUT2D eigenvalue weighted by Crippen LogP contribution is 2.25. The van der Waals surface area contributed by atoms with E-state index in [0.29, 0.717) is 13.0 Å². The van der Waals surface area contributed by atoms with E-state index in [1.807, 2.05) is 30.3 Å². The van der Waals surface area contributed by atoms with E-state index in [1.165, 1.54) is 16.0 Å². The van der Waals surface area contributed by atoms with E-state index in [0.717, 1.165) is 31.9 Å². The molecule has 1 saturated heterocycles. The maximum atomic E-state index is 12.6. The summed E-state index contributed by atoms with van der Waals surface area (Å²) in [7, 11) is 0. The van der Waals surface area contributed by atoms with Gasteiger partial charge in [-0.1, -0.05) is 60.7 Å². The van der Waals surface area contributed by atoms with Crippen molar-refractivity contribution in [3.05, 3.63) is 82.6 Å². The van der Waals surface area contributed by atoms with Crippen LogP contribution in [0.4, 0.5) is 0 Å². The Balaban J connectivity index is 1.34. The molecule has 4 rings (SSSR count). The van der Waals surface area contributed by atoms with Crippen molar-refractivity contribution in [3.63, 3.8) is 0 Å². The highest BCUT2D eigenvalue weighted by Gasteiger charge is 2.23. The van der Waals surface area contributed by atoms with Crippen molar-refractivity contribution in [3.8, 4) is 11.1 Å². The Morgan fingerprint density at radius 1 is 0.966 bits per heavy atom. The van der Waals surface area contributed by atoms with Gasteiger partial charge in [0.1, 0.15) is 0 Å². The Kier molecular flexibility index (Phi) is 6.72. The van der Waals surface area contributed by atoms with Crippen molar-refractivity contribution in [1.82, 2.24) is 10.2 Å². The van der Waals surface area contributed by atoms with Gasteiger partial charge >= 0.3 is 0 Å². The second-order valence-corrected chi connectivity index (χ2v) is 8.20. The van der Waals surface area contributed by atoms with Crippen LogP contribution in [0.15, 0.2) is 72.1 Å². The third-order valence-corrected chi connectivity index (χ3v) is 6.25. The minimum Gasteiger partial charge on any atom is -0.379 e. The molecule has 1 amide bonds. The molecule has 150 valence electrons. The van der Waals surface area contributed by atoms with Crippen molar-refractivity contribution >= 4 is 17.2 Å². The highest BCUT2D eigenvalue weighted by atomic mass is 32.1. The molecule has 0 bridgehead atoms. The molecule has 2 aromatic carbocycles. The zero-order valence-electron chi connectivity index (χ0n) is 16.4. The Bertz CT molecular complexity index is 888. The summed E-state index contributed by atoms with van der Waals surface area (Å²) in [5, 5.41) is 5.24. The number of ether oxygens (including phenoxy) is 1. The summed E-state index contributed by atoms with van der Waals surface area (Å²) < 4.78 is 5.49. The van der Waals surface area contributed by atoms with Crippen LogP contribution in [0.25, 0.3) is 11.1 Å². The molecule has 0 spiro atoms. The van der Waals surface area contributed by atoms with Crippen LogP contribution in [0.2, 0.25) is 0 Å². The number of carbonyl (C=O) groups is 1. The summed E-state index contributed by atoms with van der Waals surface area (Å²) in [6.07, 6.45) is 0.398. The molecular weight excluding hydrogens is 380 g/mol. The summed E-state index contributed by atoms with van der Waals surface area (Å²) in [5.74, 6) is 0.0623. The Hall–Kier alpha value is -2.47. The summed E-state index contributed by atoms with van der Waals surface area (Å²) in [6.45, 7) is 3.94. The normalized spacial score (nSPS) is 15.7. The predicted octanol–water partition coefficient (Wildman–Crippen LogP) is 4.15. The van der Waals surface area contributed by atoms with Gasteiger partial charge in [-0.3, -0.25) is 9.69 Å². The van der Waals surface area contributed by atoms with Gasteiger partial charge in [-0.05, 0) is 28.1 Å². The fourth-order valence-electron chi connectivity index (χ4n) is 3.68. The van der Waals surface area contributed by atoms with Crippen LogP contribution in [-0.4, -0.2) is 43.7 Å². The maximum absolute atomic E-state index is 12.6. The van der Waals surface area contributed by atoms with Crippen molar-refractivity contribution in [1.29, 1.82) is 0 Å². The molecule has 1 unspecified atom stereocenters. The van der Waals surface area contributed by atoms with Crippen LogP contribution in [0.5, 0.6) is 0 Å². The summed E-state index contributed by atoms with van der Waals surface area (Å²) >= 11 is 1.75. The van der Waals surface area contributed by atoms with E-state index >= 15 is 0 Å². The lowest BCUT2D eigenvalue weighted by molar-refractivity contribution is -0.120. The number of morpholine rings is 1. The molecular formula is C24H26N2O2S. The van der Waals surface area contributed by atoms with Gasteiger partial charge in [-0.25, -0.2) is 0 Å². The molecule has 1 aromatic heterocycles. The number of nitrogens with one attached hydrogen (secondary N) is 1. The zero-order chi connectivity index (χ0) is 19.9. The maximum Gasteiger partial charge on any atom is 0.224 e. The average Bonchev–Trinajstić information content (AvgIpc) is 3.30. The molecule has 1 aliphatic rings. The monoisotopic (exact) mass is 406 g/mol. The molecule has 1 aliphatic heterocycles. The van der Waals surface area contributed by atoms with Crippen molar-refractivity contribution < 1.29 is 9.53 Å². The molecule has 1 fully saturated rings. The first-order valence-corrected chi connectivity index (χ1v) is 10.9. The number of amides is 1. The molecule has 1 N–H and O–H groups in total. The van der Waals surface area contributed by atoms with Gasteiger partial charge in [-0.2, -0.15) is 0 Å². The smallest absolute Gasteiger partial charge is 0.224 e. The first kappa shape index (κ1) is 19.8. The van der Waals surface area contributed by atoms with E-state index in [-0.39, 0.29) is 11.9 Å². The number of carbonyl (C=O) groups excluding carboxylic acids is 1. The number of nitrogens with zero attached hydrogens (tertiary/aromatic N) is 1. The van der Waals surface area contributed by atoms with Gasteiger partial charge in [0.05, 0.1) is 25.7 Å². The quantitative estimate of drug-likeness (QED) is 0.641. The fraction of sp³-hybridized carbons (Fsp3) is 0.292. The molecule has 0 radical (unpaired) electrons. The van der Waals surface area contributed by atoms with Crippen LogP contribution in [0.3, 0.4) is 0 Å². The second-order valence-electron chi connectivity index (χ2n) is 7.22. The van der Waals surface area contributed by atoms with Crippen LogP contribution in [-0.2, 0) is 16.0 Å². The lowest BCUT2D eigenvalue weighted by Gasteiger charge is -2.34. The van der Waals surface area contributed by atoms with E-state index in [4.69, 9.17) is 4.74 Å². The lowest BCUT2D eigenvalue weighted by Crippen LogP contribution is -2.43. The van der Waals surface area contributed by atoms with Crippen molar-refractivity contribution in [2.45, 2.75) is 12.5 Å². The number of benzene rings is 2. The van der Waals surface area contributed by atoms with Crippen molar-refractivity contribution in [2.75, 3.05) is 32.8 Å². The number of hydrogen-bond acceptors (Lipinski definition) is 4. The van der Waals surface area contributed by atoms with Crippen LogP contribution in [0.1, 0.15) is 16.5 Å². The van der Waals surface area contributed by atoms with Crippen LogP contribution >= 0.6 is 11.3 Å². The van der Waals surface area contributed by atoms with E-state index < -0.39 is 0 Å². The Morgan fingerprint density at radius 3 is 2.38 bits per heavy atom. The third kappa shape index (κ3) is 5.32. The molecule has 0 aliphatic carbocycles. The van der Waals surface area contributed by atoms with Crippen LogP contribution in [0, 0.1) is 0 Å². The molecule has 0 saturated carbocycles. The van der Waals surface area contributed by atoms with E-state index in [9.17, 15) is 4.79 Å². The van der Waals surface area contributed by atoms with Crippen LogP contribution < -0.4 is 5.32 Å². The molecule has 1 atom stereocenters. The minimum atomic E-state index is 0.0623. The Morgan fingerprint density at radius 2 is 1.69 bits per heavy atom. The lowest BCUT2D eigenvalue weighted by atomic mass is 10.0. The summed E-state index contributed by atoms with van der Waals surface area (Å²) in [6, 6.07) is 23.0. The Labute approximate surface area is 176 Å². The largest absolute Gasteiger partial charge is 0.379 e. The SMILES string of the molecule is O=C(Cc1ccc(-c2ccccc2)cc1)NCC(c1cccs1)N1CCOCC1. The topological polar surface area (TPSA) is 41.6 Å². The van der Waals surface area contributed by atoms with Crippen molar-refractivity contribution in [2.24, 2.45) is 0 Å².